The van der Waals surface area contributed by atoms with Crippen molar-refractivity contribution in [3.05, 3.63) is 69.8 Å². The molecule has 5 heteroatoms. The molecule has 1 heterocycles. The fourth-order valence-corrected chi connectivity index (χ4v) is 2.90. The molecule has 2 aromatic rings. The third-order valence-electron chi connectivity index (χ3n) is 3.73. The van der Waals surface area contributed by atoms with Gasteiger partial charge in [-0.25, -0.2) is 0 Å². The van der Waals surface area contributed by atoms with E-state index in [1.807, 2.05) is 42.5 Å². The van der Waals surface area contributed by atoms with Gasteiger partial charge in [0.1, 0.15) is 0 Å². The maximum absolute atomic E-state index is 12.3. The fourth-order valence-electron chi connectivity index (χ4n) is 2.54. The largest absolute Gasteiger partial charge is 0.326 e. The third-order valence-corrected chi connectivity index (χ3v) is 4.45. The van der Waals surface area contributed by atoms with Crippen LogP contribution in [-0.4, -0.2) is 23.3 Å². The first kappa shape index (κ1) is 15.7. The zero-order chi connectivity index (χ0) is 16.4. The summed E-state index contributed by atoms with van der Waals surface area (Å²) in [5.74, 6) is -0.213. The molecule has 0 spiro atoms. The first-order chi connectivity index (χ1) is 11.1. The van der Waals surface area contributed by atoms with Crippen LogP contribution in [0.5, 0.6) is 0 Å². The standard InChI is InChI=1S/C18H15IN2O2/c1-12-15-4-2-3-5-16(15)18(23)21(12)11-10-17(22)20-14-8-6-13(19)7-9-14/h2-9H,1,10-11H2,(H,20,22). The number of nitrogens with zero attached hydrogens (tertiary/aromatic N) is 1. The van der Waals surface area contributed by atoms with Crippen LogP contribution in [0.4, 0.5) is 5.69 Å². The number of nitrogens with one attached hydrogen (secondary N) is 1. The van der Waals surface area contributed by atoms with Crippen LogP contribution in [0.15, 0.2) is 55.1 Å². The summed E-state index contributed by atoms with van der Waals surface area (Å²) in [6.45, 7) is 4.29. The molecule has 23 heavy (non-hydrogen) atoms. The van der Waals surface area contributed by atoms with Gasteiger partial charge in [-0.1, -0.05) is 24.8 Å². The van der Waals surface area contributed by atoms with Crippen molar-refractivity contribution in [2.45, 2.75) is 6.42 Å². The lowest BCUT2D eigenvalue weighted by molar-refractivity contribution is -0.116. The summed E-state index contributed by atoms with van der Waals surface area (Å²) in [6.07, 6.45) is 0.227. The molecule has 0 fully saturated rings. The van der Waals surface area contributed by atoms with Crippen LogP contribution in [-0.2, 0) is 4.79 Å². The van der Waals surface area contributed by atoms with E-state index in [1.165, 1.54) is 0 Å². The Morgan fingerprint density at radius 1 is 1.09 bits per heavy atom. The van der Waals surface area contributed by atoms with E-state index in [1.54, 1.807) is 11.0 Å². The number of rotatable bonds is 4. The Hall–Kier alpha value is -2.15. The topological polar surface area (TPSA) is 49.4 Å². The second-order valence-electron chi connectivity index (χ2n) is 5.25. The Balaban J connectivity index is 1.61. The van der Waals surface area contributed by atoms with Gasteiger partial charge in [0.25, 0.3) is 5.91 Å². The molecule has 0 aromatic heterocycles. The second kappa shape index (κ2) is 6.54. The van der Waals surface area contributed by atoms with Crippen molar-refractivity contribution >= 4 is 45.8 Å². The molecule has 1 N–H and O–H groups in total. The molecule has 2 aromatic carbocycles. The lowest BCUT2D eigenvalue weighted by Gasteiger charge is -2.17. The zero-order valence-electron chi connectivity index (χ0n) is 12.4. The van der Waals surface area contributed by atoms with E-state index in [9.17, 15) is 9.59 Å². The summed E-state index contributed by atoms with van der Waals surface area (Å²) in [6, 6.07) is 14.9. The number of carbonyl (C=O) groups excluding carboxylic acids is 2. The van der Waals surface area contributed by atoms with E-state index >= 15 is 0 Å². The molecule has 0 aliphatic carbocycles. The van der Waals surface area contributed by atoms with Gasteiger partial charge in [-0.3, -0.25) is 9.59 Å². The Kier molecular flexibility index (Phi) is 4.47. The number of fused-ring (bicyclic) bond motifs is 1. The lowest BCUT2D eigenvalue weighted by atomic mass is 10.1. The normalized spacial score (nSPS) is 13.2. The minimum atomic E-state index is -0.122. The van der Waals surface area contributed by atoms with Crippen molar-refractivity contribution in [3.8, 4) is 0 Å². The van der Waals surface area contributed by atoms with E-state index in [-0.39, 0.29) is 18.2 Å². The van der Waals surface area contributed by atoms with Gasteiger partial charge in [0, 0.05) is 39.0 Å². The number of halogens is 1. The summed E-state index contributed by atoms with van der Waals surface area (Å²) in [5.41, 5.74) is 2.91. The zero-order valence-corrected chi connectivity index (χ0v) is 14.5. The van der Waals surface area contributed by atoms with Crippen LogP contribution in [0.3, 0.4) is 0 Å². The third kappa shape index (κ3) is 3.29. The fraction of sp³-hybridized carbons (Fsp3) is 0.111. The van der Waals surface area contributed by atoms with Crippen molar-refractivity contribution in [2.24, 2.45) is 0 Å². The average Bonchev–Trinajstić information content (AvgIpc) is 2.80. The first-order valence-electron chi connectivity index (χ1n) is 7.22. The quantitative estimate of drug-likeness (QED) is 0.770. The predicted molar refractivity (Wildman–Crippen MR) is 98.9 cm³/mol. The molecule has 0 unspecified atom stereocenters. The van der Waals surface area contributed by atoms with Crippen LogP contribution in [0, 0.1) is 3.57 Å². The van der Waals surface area contributed by atoms with Crippen LogP contribution >= 0.6 is 22.6 Å². The van der Waals surface area contributed by atoms with Gasteiger partial charge < -0.3 is 10.2 Å². The number of anilines is 1. The van der Waals surface area contributed by atoms with Crippen LogP contribution < -0.4 is 5.32 Å². The molecule has 1 aliphatic heterocycles. The Labute approximate surface area is 148 Å². The van der Waals surface area contributed by atoms with E-state index in [4.69, 9.17) is 0 Å². The Morgan fingerprint density at radius 2 is 1.74 bits per heavy atom. The smallest absolute Gasteiger partial charge is 0.258 e. The second-order valence-corrected chi connectivity index (χ2v) is 6.50. The van der Waals surface area contributed by atoms with Gasteiger partial charge in [-0.15, -0.1) is 0 Å². The molecule has 116 valence electrons. The summed E-state index contributed by atoms with van der Waals surface area (Å²) in [5, 5.41) is 2.83. The SMILES string of the molecule is C=C1c2ccccc2C(=O)N1CCC(=O)Nc1ccc(I)cc1. The minimum absolute atomic E-state index is 0.0901. The predicted octanol–water partition coefficient (Wildman–Crippen LogP) is 3.75. The molecular weight excluding hydrogens is 403 g/mol. The highest BCUT2D eigenvalue weighted by Gasteiger charge is 2.30. The average molecular weight is 418 g/mol. The van der Waals surface area contributed by atoms with Gasteiger partial charge in [-0.2, -0.15) is 0 Å². The maximum atomic E-state index is 12.3. The maximum Gasteiger partial charge on any atom is 0.258 e. The lowest BCUT2D eigenvalue weighted by Crippen LogP contribution is -2.27. The van der Waals surface area contributed by atoms with E-state index in [0.717, 1.165) is 14.8 Å². The molecule has 3 rings (SSSR count). The van der Waals surface area contributed by atoms with E-state index in [2.05, 4.69) is 34.5 Å². The number of amides is 2. The highest BCUT2D eigenvalue weighted by Crippen LogP contribution is 2.31. The summed E-state index contributed by atoms with van der Waals surface area (Å²) < 4.78 is 1.11. The van der Waals surface area contributed by atoms with Gasteiger partial charge >= 0.3 is 0 Å². The van der Waals surface area contributed by atoms with E-state index in [0.29, 0.717) is 17.8 Å². The summed E-state index contributed by atoms with van der Waals surface area (Å²) in [4.78, 5) is 26.0. The number of hydrogen-bond acceptors (Lipinski definition) is 2. The molecule has 0 saturated heterocycles. The Morgan fingerprint density at radius 3 is 2.39 bits per heavy atom. The molecule has 2 amide bonds. The van der Waals surface area contributed by atoms with Crippen molar-refractivity contribution in [1.82, 2.24) is 4.90 Å². The molecule has 0 radical (unpaired) electrons. The van der Waals surface area contributed by atoms with E-state index < -0.39 is 0 Å². The van der Waals surface area contributed by atoms with Crippen molar-refractivity contribution in [2.75, 3.05) is 11.9 Å². The first-order valence-corrected chi connectivity index (χ1v) is 8.30. The van der Waals surface area contributed by atoms with Gasteiger partial charge in [0.2, 0.25) is 5.91 Å². The van der Waals surface area contributed by atoms with Crippen LogP contribution in [0.25, 0.3) is 5.70 Å². The number of hydrogen-bond donors (Lipinski definition) is 1. The van der Waals surface area contributed by atoms with Gasteiger partial charge in [0.15, 0.2) is 0 Å². The molecule has 0 saturated carbocycles. The Bertz CT molecular complexity index is 749. The van der Waals surface area contributed by atoms with Crippen molar-refractivity contribution in [1.29, 1.82) is 0 Å². The monoisotopic (exact) mass is 418 g/mol. The molecule has 4 nitrogen and oxygen atoms in total. The summed E-state index contributed by atoms with van der Waals surface area (Å²) in [7, 11) is 0. The van der Waals surface area contributed by atoms with Crippen molar-refractivity contribution < 1.29 is 9.59 Å². The molecule has 0 atom stereocenters. The van der Waals surface area contributed by atoms with Crippen LogP contribution in [0.2, 0.25) is 0 Å². The molecular formula is C18H15IN2O2. The molecule has 1 aliphatic rings. The van der Waals surface area contributed by atoms with Gasteiger partial charge in [0.05, 0.1) is 0 Å². The highest BCUT2D eigenvalue weighted by molar-refractivity contribution is 14.1. The summed E-state index contributed by atoms with van der Waals surface area (Å²) >= 11 is 2.21. The molecule has 0 bridgehead atoms. The number of benzene rings is 2. The van der Waals surface area contributed by atoms with Crippen LogP contribution in [0.1, 0.15) is 22.3 Å². The number of carbonyl (C=O) groups is 2. The minimum Gasteiger partial charge on any atom is -0.326 e. The van der Waals surface area contributed by atoms with Gasteiger partial charge in [-0.05, 0) is 52.9 Å². The highest BCUT2D eigenvalue weighted by atomic mass is 127. The van der Waals surface area contributed by atoms with Crippen molar-refractivity contribution in [3.63, 3.8) is 0 Å².